The minimum absolute atomic E-state index is 0.0286. The molecule has 0 radical (unpaired) electrons. The monoisotopic (exact) mass is 468 g/mol. The van der Waals surface area contributed by atoms with Gasteiger partial charge in [-0.3, -0.25) is 4.79 Å². The van der Waals surface area contributed by atoms with E-state index in [2.05, 4.69) is 0 Å². The van der Waals surface area contributed by atoms with Crippen LogP contribution in [0, 0.1) is 0 Å². The van der Waals surface area contributed by atoms with Crippen molar-refractivity contribution in [3.05, 3.63) is 87.0 Å². The Bertz CT molecular complexity index is 1410. The maximum absolute atomic E-state index is 13.3. The van der Waals surface area contributed by atoms with Crippen molar-refractivity contribution >= 4 is 40.1 Å². The Morgan fingerprint density at radius 1 is 0.969 bits per heavy atom. The van der Waals surface area contributed by atoms with Gasteiger partial charge in [0.25, 0.3) is 0 Å². The molecule has 1 aromatic heterocycles. The lowest BCUT2D eigenvalue weighted by Crippen LogP contribution is -2.40. The zero-order valence-corrected chi connectivity index (χ0v) is 17.9. The summed E-state index contributed by atoms with van der Waals surface area (Å²) < 4.78 is 22.8. The molecule has 0 N–H and O–H groups in total. The van der Waals surface area contributed by atoms with Crippen LogP contribution in [0.1, 0.15) is 0 Å². The fraction of sp³-hybridized carbons (Fsp3) is 0.0833. The Morgan fingerprint density at radius 2 is 1.72 bits per heavy atom. The molecule has 0 amide bonds. The molecule has 5 rings (SSSR count). The van der Waals surface area contributed by atoms with Gasteiger partial charge in [0.1, 0.15) is 12.2 Å². The number of benzene rings is 3. The predicted octanol–water partition coefficient (Wildman–Crippen LogP) is 5.51. The molecule has 1 aliphatic heterocycles. The lowest BCUT2D eigenvalue weighted by atomic mass is 10.1. The predicted molar refractivity (Wildman–Crippen MR) is 120 cm³/mol. The highest BCUT2D eigenvalue weighted by Gasteiger charge is 2.31. The van der Waals surface area contributed by atoms with Crippen molar-refractivity contribution in [3.8, 4) is 28.6 Å². The Kier molecular flexibility index (Phi) is 5.25. The van der Waals surface area contributed by atoms with E-state index in [-0.39, 0.29) is 29.1 Å². The molecule has 1 atom stereocenters. The van der Waals surface area contributed by atoms with E-state index >= 15 is 0 Å². The van der Waals surface area contributed by atoms with E-state index in [1.54, 1.807) is 60.7 Å². The van der Waals surface area contributed by atoms with Crippen LogP contribution >= 0.6 is 23.2 Å². The van der Waals surface area contributed by atoms with Crippen molar-refractivity contribution in [2.75, 3.05) is 6.61 Å². The summed E-state index contributed by atoms with van der Waals surface area (Å²) in [5.74, 6) is -0.153. The van der Waals surface area contributed by atoms with Gasteiger partial charge in [-0.15, -0.1) is 0 Å². The average molecular weight is 469 g/mol. The fourth-order valence-corrected chi connectivity index (χ4v) is 3.76. The zero-order chi connectivity index (χ0) is 22.2. The molecule has 0 aliphatic carbocycles. The zero-order valence-electron chi connectivity index (χ0n) is 16.3. The number of esters is 1. The third-order valence-corrected chi connectivity index (χ3v) is 5.47. The summed E-state index contributed by atoms with van der Waals surface area (Å²) in [6.07, 6.45) is -1.07. The third kappa shape index (κ3) is 3.68. The second kappa shape index (κ2) is 8.22. The van der Waals surface area contributed by atoms with E-state index < -0.39 is 17.5 Å². The first kappa shape index (κ1) is 20.4. The van der Waals surface area contributed by atoms with Gasteiger partial charge in [0.05, 0.1) is 10.4 Å². The van der Waals surface area contributed by atoms with Crippen molar-refractivity contribution in [3.63, 3.8) is 0 Å². The van der Waals surface area contributed by atoms with Crippen LogP contribution in [-0.4, -0.2) is 18.7 Å². The van der Waals surface area contributed by atoms with E-state index in [1.807, 2.05) is 0 Å². The molecule has 160 valence electrons. The van der Waals surface area contributed by atoms with Gasteiger partial charge in [-0.2, -0.15) is 0 Å². The molecule has 1 unspecified atom stereocenters. The standard InChI is InChI=1S/C24H14Cl2O6/c25-13-9-10-17-15(11-13)21(27)23(22(31-17)14-5-1-2-6-16(14)26)32-24(28)20-12-29-18-7-3-4-8-19(18)30-20/h1-11,20H,12H2. The molecule has 32 heavy (non-hydrogen) atoms. The average Bonchev–Trinajstić information content (AvgIpc) is 2.81. The summed E-state index contributed by atoms with van der Waals surface area (Å²) in [7, 11) is 0. The first-order chi connectivity index (χ1) is 15.5. The number of halogens is 2. The maximum Gasteiger partial charge on any atom is 0.356 e. The van der Waals surface area contributed by atoms with Gasteiger partial charge in [-0.1, -0.05) is 47.5 Å². The molecule has 2 heterocycles. The molecule has 8 heteroatoms. The normalized spacial score (nSPS) is 14.9. The van der Waals surface area contributed by atoms with E-state index in [0.717, 1.165) is 0 Å². The van der Waals surface area contributed by atoms with Crippen LogP contribution in [0.3, 0.4) is 0 Å². The van der Waals surface area contributed by atoms with Gasteiger partial charge in [-0.05, 0) is 42.5 Å². The Hall–Kier alpha value is -3.48. The summed E-state index contributed by atoms with van der Waals surface area (Å²) >= 11 is 12.4. The largest absolute Gasteiger partial charge is 0.485 e. The molecule has 0 spiro atoms. The number of carbonyl (C=O) groups excluding carboxylic acids is 1. The Morgan fingerprint density at radius 3 is 2.53 bits per heavy atom. The SMILES string of the molecule is O=C(Oc1c(-c2ccccc2Cl)oc2ccc(Cl)cc2c1=O)C1COc2ccccc2O1. The van der Waals surface area contributed by atoms with Crippen LogP contribution in [0.5, 0.6) is 17.2 Å². The highest BCUT2D eigenvalue weighted by molar-refractivity contribution is 6.33. The molecule has 6 nitrogen and oxygen atoms in total. The first-order valence-corrected chi connectivity index (χ1v) is 10.4. The second-order valence-electron chi connectivity index (χ2n) is 7.00. The smallest absolute Gasteiger partial charge is 0.356 e. The molecule has 3 aromatic carbocycles. The molecule has 1 aliphatic rings. The van der Waals surface area contributed by atoms with E-state index in [1.165, 1.54) is 6.07 Å². The van der Waals surface area contributed by atoms with Crippen LogP contribution in [0.2, 0.25) is 10.0 Å². The molecular weight excluding hydrogens is 455 g/mol. The molecular formula is C24H14Cl2O6. The maximum atomic E-state index is 13.3. The summed E-state index contributed by atoms with van der Waals surface area (Å²) in [5.41, 5.74) is 0.117. The Labute approximate surface area is 191 Å². The van der Waals surface area contributed by atoms with E-state index in [0.29, 0.717) is 27.1 Å². The van der Waals surface area contributed by atoms with Crippen molar-refractivity contribution < 1.29 is 23.4 Å². The van der Waals surface area contributed by atoms with Crippen LogP contribution in [0.4, 0.5) is 0 Å². The van der Waals surface area contributed by atoms with Crippen LogP contribution in [-0.2, 0) is 4.79 Å². The van der Waals surface area contributed by atoms with Crippen molar-refractivity contribution in [2.24, 2.45) is 0 Å². The molecule has 4 aromatic rings. The summed E-state index contributed by atoms with van der Waals surface area (Å²) in [4.78, 5) is 26.2. The van der Waals surface area contributed by atoms with Crippen molar-refractivity contribution in [1.82, 2.24) is 0 Å². The summed E-state index contributed by atoms with van der Waals surface area (Å²) in [5, 5.41) is 0.836. The molecule has 0 saturated heterocycles. The van der Waals surface area contributed by atoms with Gasteiger partial charge in [0, 0.05) is 10.6 Å². The highest BCUT2D eigenvalue weighted by Crippen LogP contribution is 2.36. The number of hydrogen-bond acceptors (Lipinski definition) is 6. The topological polar surface area (TPSA) is 75.0 Å². The number of rotatable bonds is 3. The van der Waals surface area contributed by atoms with Gasteiger partial charge in [-0.25, -0.2) is 4.79 Å². The first-order valence-electron chi connectivity index (χ1n) is 9.62. The van der Waals surface area contributed by atoms with Crippen molar-refractivity contribution in [1.29, 1.82) is 0 Å². The van der Waals surface area contributed by atoms with E-state index in [9.17, 15) is 9.59 Å². The van der Waals surface area contributed by atoms with Gasteiger partial charge in [0.2, 0.25) is 17.3 Å². The van der Waals surface area contributed by atoms with Crippen LogP contribution in [0.15, 0.2) is 75.9 Å². The lowest BCUT2D eigenvalue weighted by Gasteiger charge is -2.25. The Balaban J connectivity index is 1.59. The number of ether oxygens (including phenoxy) is 3. The summed E-state index contributed by atoms with van der Waals surface area (Å²) in [6, 6.07) is 18.3. The molecule has 0 saturated carbocycles. The summed E-state index contributed by atoms with van der Waals surface area (Å²) in [6.45, 7) is -0.0674. The number of para-hydroxylation sites is 2. The second-order valence-corrected chi connectivity index (χ2v) is 7.84. The van der Waals surface area contributed by atoms with Crippen molar-refractivity contribution in [2.45, 2.75) is 6.10 Å². The van der Waals surface area contributed by atoms with Gasteiger partial charge < -0.3 is 18.6 Å². The number of carbonyl (C=O) groups is 1. The highest BCUT2D eigenvalue weighted by atomic mass is 35.5. The van der Waals surface area contributed by atoms with Crippen LogP contribution in [0.25, 0.3) is 22.3 Å². The minimum atomic E-state index is -1.07. The van der Waals surface area contributed by atoms with Gasteiger partial charge >= 0.3 is 5.97 Å². The number of hydrogen-bond donors (Lipinski definition) is 0. The van der Waals surface area contributed by atoms with Crippen LogP contribution < -0.4 is 19.6 Å². The quantitative estimate of drug-likeness (QED) is 0.369. The molecule has 0 fully saturated rings. The van der Waals surface area contributed by atoms with Gasteiger partial charge in [0.15, 0.2) is 17.3 Å². The fourth-order valence-electron chi connectivity index (χ4n) is 3.37. The third-order valence-electron chi connectivity index (χ3n) is 4.90. The van der Waals surface area contributed by atoms with E-state index in [4.69, 9.17) is 41.8 Å². The lowest BCUT2D eigenvalue weighted by molar-refractivity contribution is -0.144. The molecule has 0 bridgehead atoms. The number of fused-ring (bicyclic) bond motifs is 2. The minimum Gasteiger partial charge on any atom is -0.485 e.